The molecular weight excluding hydrogens is 456 g/mol. The van der Waals surface area contributed by atoms with Gasteiger partial charge < -0.3 is 5.32 Å². The Hall–Kier alpha value is -2.75. The van der Waals surface area contributed by atoms with E-state index in [1.807, 2.05) is 79.4 Å². The lowest BCUT2D eigenvalue weighted by Crippen LogP contribution is -2.46. The summed E-state index contributed by atoms with van der Waals surface area (Å²) in [6.07, 6.45) is 0. The number of nitrogens with zero attached hydrogens (tertiary/aromatic N) is 3. The van der Waals surface area contributed by atoms with Gasteiger partial charge in [0.2, 0.25) is 5.91 Å². The van der Waals surface area contributed by atoms with Crippen LogP contribution in [0.1, 0.15) is 23.0 Å². The molecule has 2 aromatic carbocycles. The number of aryl methyl sites for hydroxylation is 2. The van der Waals surface area contributed by atoms with Gasteiger partial charge in [-0.2, -0.15) is 0 Å². The van der Waals surface area contributed by atoms with Gasteiger partial charge in [-0.15, -0.1) is 0 Å². The molecule has 33 heavy (non-hydrogen) atoms. The molecule has 1 amide bonds. The highest BCUT2D eigenvalue weighted by Gasteiger charge is 2.32. The van der Waals surface area contributed by atoms with Crippen LogP contribution in [0, 0.1) is 13.8 Å². The Kier molecular flexibility index (Phi) is 7.11. The predicted molar refractivity (Wildman–Crippen MR) is 130 cm³/mol. The van der Waals surface area contributed by atoms with Gasteiger partial charge in [0.05, 0.1) is 11.5 Å². The summed E-state index contributed by atoms with van der Waals surface area (Å²) in [5.74, 6) is -0.0509. The third kappa shape index (κ3) is 6.19. The first kappa shape index (κ1) is 23.4. The maximum atomic E-state index is 13.3. The summed E-state index contributed by atoms with van der Waals surface area (Å²) in [6.45, 7) is 4.55. The highest BCUT2D eigenvalue weighted by Crippen LogP contribution is 2.28. The molecule has 1 aromatic heterocycles. The summed E-state index contributed by atoms with van der Waals surface area (Å²) in [5.41, 5.74) is 3.36. The zero-order chi connectivity index (χ0) is 23.4. The van der Waals surface area contributed by atoms with Crippen molar-refractivity contribution in [3.05, 3.63) is 77.6 Å². The van der Waals surface area contributed by atoms with Crippen molar-refractivity contribution in [2.24, 2.45) is 0 Å². The number of sulfone groups is 1. The van der Waals surface area contributed by atoms with Crippen molar-refractivity contribution in [3.8, 4) is 0 Å². The Morgan fingerprint density at radius 3 is 2.18 bits per heavy atom. The molecule has 3 aromatic rings. The van der Waals surface area contributed by atoms with Gasteiger partial charge in [-0.25, -0.2) is 18.4 Å². The lowest BCUT2D eigenvalue weighted by molar-refractivity contribution is -0.121. The highest BCUT2D eigenvalue weighted by molar-refractivity contribution is 7.99. The van der Waals surface area contributed by atoms with Crippen LogP contribution in [0.25, 0.3) is 0 Å². The van der Waals surface area contributed by atoms with Gasteiger partial charge in [0.25, 0.3) is 0 Å². The molecule has 0 bridgehead atoms. The minimum absolute atomic E-state index is 0.0655. The molecule has 1 aliphatic heterocycles. The Morgan fingerprint density at radius 1 is 0.970 bits per heavy atom. The van der Waals surface area contributed by atoms with Gasteiger partial charge in [-0.05, 0) is 61.5 Å². The number of benzene rings is 2. The van der Waals surface area contributed by atoms with E-state index in [2.05, 4.69) is 15.3 Å². The zero-order valence-corrected chi connectivity index (χ0v) is 20.2. The molecule has 9 heteroatoms. The fourth-order valence-corrected chi connectivity index (χ4v) is 5.90. The van der Waals surface area contributed by atoms with Crippen molar-refractivity contribution in [2.75, 3.05) is 29.9 Å². The van der Waals surface area contributed by atoms with E-state index in [0.717, 1.165) is 21.8 Å². The van der Waals surface area contributed by atoms with E-state index in [0.29, 0.717) is 23.9 Å². The van der Waals surface area contributed by atoms with E-state index in [1.165, 1.54) is 11.8 Å². The summed E-state index contributed by atoms with van der Waals surface area (Å²) in [5, 5.41) is 3.69. The van der Waals surface area contributed by atoms with E-state index in [4.69, 9.17) is 0 Å². The standard InChI is InChI=1S/C24H26N4O3S2/c1-17-16-18(2)26-24(25-17)32-21-10-8-20(9-11-21)27-23(29)22(19-6-4-3-5-7-19)28-12-14-33(30,31)15-13-28/h3-11,16,22H,12-15H2,1-2H3,(H,27,29). The number of aromatic nitrogens is 2. The van der Waals surface area contributed by atoms with Crippen LogP contribution in [0.15, 0.2) is 70.7 Å². The van der Waals surface area contributed by atoms with Crippen LogP contribution in [-0.2, 0) is 14.6 Å². The topological polar surface area (TPSA) is 92.3 Å². The second kappa shape index (κ2) is 10.0. The molecule has 1 fully saturated rings. The fourth-order valence-electron chi connectivity index (χ4n) is 3.81. The van der Waals surface area contributed by atoms with E-state index >= 15 is 0 Å². The van der Waals surface area contributed by atoms with E-state index in [-0.39, 0.29) is 17.4 Å². The van der Waals surface area contributed by atoms with Crippen molar-refractivity contribution >= 4 is 33.2 Å². The molecule has 0 radical (unpaired) electrons. The van der Waals surface area contributed by atoms with Crippen molar-refractivity contribution in [2.45, 2.75) is 29.9 Å². The van der Waals surface area contributed by atoms with E-state index in [1.54, 1.807) is 0 Å². The first-order valence-corrected chi connectivity index (χ1v) is 13.3. The van der Waals surface area contributed by atoms with Gasteiger partial charge in [-0.1, -0.05) is 30.3 Å². The molecule has 1 aliphatic rings. The first-order chi connectivity index (χ1) is 15.8. The summed E-state index contributed by atoms with van der Waals surface area (Å²) >= 11 is 1.47. The third-order valence-electron chi connectivity index (χ3n) is 5.40. The van der Waals surface area contributed by atoms with Crippen LogP contribution in [0.2, 0.25) is 0 Å². The van der Waals surface area contributed by atoms with Crippen molar-refractivity contribution in [1.29, 1.82) is 0 Å². The Bertz CT molecular complexity index is 1200. The third-order valence-corrected chi connectivity index (χ3v) is 7.88. The van der Waals surface area contributed by atoms with E-state index in [9.17, 15) is 13.2 Å². The molecule has 1 unspecified atom stereocenters. The number of anilines is 1. The zero-order valence-electron chi connectivity index (χ0n) is 18.6. The molecule has 1 N–H and O–H groups in total. The molecule has 0 saturated carbocycles. The average molecular weight is 483 g/mol. The number of hydrogen-bond donors (Lipinski definition) is 1. The average Bonchev–Trinajstić information content (AvgIpc) is 2.76. The second-order valence-electron chi connectivity index (χ2n) is 8.05. The maximum Gasteiger partial charge on any atom is 0.246 e. The van der Waals surface area contributed by atoms with Crippen molar-refractivity contribution in [1.82, 2.24) is 14.9 Å². The van der Waals surface area contributed by atoms with Crippen LogP contribution in [-0.4, -0.2) is 53.8 Å². The van der Waals surface area contributed by atoms with Gasteiger partial charge in [0.15, 0.2) is 15.0 Å². The van der Waals surface area contributed by atoms with Gasteiger partial charge in [0, 0.05) is 35.1 Å². The van der Waals surface area contributed by atoms with Crippen molar-refractivity contribution < 1.29 is 13.2 Å². The maximum absolute atomic E-state index is 13.3. The molecule has 172 valence electrons. The van der Waals surface area contributed by atoms with Crippen LogP contribution >= 0.6 is 11.8 Å². The monoisotopic (exact) mass is 482 g/mol. The normalized spacial score (nSPS) is 16.8. The summed E-state index contributed by atoms with van der Waals surface area (Å²) in [7, 11) is -3.04. The van der Waals surface area contributed by atoms with Gasteiger partial charge in [-0.3, -0.25) is 9.69 Å². The molecule has 2 heterocycles. The smallest absolute Gasteiger partial charge is 0.246 e. The minimum Gasteiger partial charge on any atom is -0.324 e. The lowest BCUT2D eigenvalue weighted by Gasteiger charge is -2.33. The quantitative estimate of drug-likeness (QED) is 0.536. The van der Waals surface area contributed by atoms with E-state index < -0.39 is 15.9 Å². The predicted octanol–water partition coefficient (Wildman–Crippen LogP) is 3.65. The second-order valence-corrected chi connectivity index (χ2v) is 11.4. The SMILES string of the molecule is Cc1cc(C)nc(Sc2ccc(NC(=O)C(c3ccccc3)N3CCS(=O)(=O)CC3)cc2)n1. The van der Waals surface area contributed by atoms with Crippen LogP contribution in [0.5, 0.6) is 0 Å². The molecule has 0 spiro atoms. The van der Waals surface area contributed by atoms with Crippen LogP contribution < -0.4 is 5.32 Å². The number of amides is 1. The number of rotatable bonds is 6. The molecule has 1 saturated heterocycles. The molecule has 0 aliphatic carbocycles. The minimum atomic E-state index is -3.04. The highest BCUT2D eigenvalue weighted by atomic mass is 32.2. The van der Waals surface area contributed by atoms with Crippen LogP contribution in [0.3, 0.4) is 0 Å². The fraction of sp³-hybridized carbons (Fsp3) is 0.292. The molecular formula is C24H26N4O3S2. The number of nitrogens with one attached hydrogen (secondary N) is 1. The number of carbonyl (C=O) groups is 1. The Balaban J connectivity index is 1.48. The van der Waals surface area contributed by atoms with Gasteiger partial charge >= 0.3 is 0 Å². The summed E-state index contributed by atoms with van der Waals surface area (Å²) < 4.78 is 23.8. The van der Waals surface area contributed by atoms with Gasteiger partial charge in [0.1, 0.15) is 6.04 Å². The Morgan fingerprint density at radius 2 is 1.58 bits per heavy atom. The summed E-state index contributed by atoms with van der Waals surface area (Å²) in [4.78, 5) is 25.1. The molecule has 7 nitrogen and oxygen atoms in total. The summed E-state index contributed by atoms with van der Waals surface area (Å²) in [6, 6.07) is 18.4. The molecule has 1 atom stereocenters. The molecule has 4 rings (SSSR count). The lowest BCUT2D eigenvalue weighted by atomic mass is 10.0. The largest absolute Gasteiger partial charge is 0.324 e. The van der Waals surface area contributed by atoms with Crippen molar-refractivity contribution in [3.63, 3.8) is 0 Å². The first-order valence-electron chi connectivity index (χ1n) is 10.7. The Labute approximate surface area is 198 Å². The number of carbonyl (C=O) groups excluding carboxylic acids is 1. The number of hydrogen-bond acceptors (Lipinski definition) is 7. The van der Waals surface area contributed by atoms with Crippen LogP contribution in [0.4, 0.5) is 5.69 Å².